The number of hydrogen-bond acceptors (Lipinski definition) is 2. The average Bonchev–Trinajstić information content (AvgIpc) is 2.28. The first-order chi connectivity index (χ1) is 5.47. The van der Waals surface area contributed by atoms with Gasteiger partial charge in [-0.15, -0.1) is 0 Å². The van der Waals surface area contributed by atoms with Gasteiger partial charge in [0.2, 0.25) is 0 Å². The molecule has 1 N–H and O–H groups in total. The van der Waals surface area contributed by atoms with Gasteiger partial charge in [-0.1, -0.05) is 12.8 Å². The molecule has 0 spiro atoms. The first-order valence-corrected chi connectivity index (χ1v) is 4.82. The zero-order chi connectivity index (χ0) is 7.52. The van der Waals surface area contributed by atoms with Crippen LogP contribution in [-0.2, 0) is 4.74 Å². The number of nitrogens with one attached hydrogen (secondary N) is 1. The van der Waals surface area contributed by atoms with E-state index < -0.39 is 0 Å². The lowest BCUT2D eigenvalue weighted by atomic mass is 9.92. The lowest BCUT2D eigenvalue weighted by Gasteiger charge is -2.29. The molecule has 1 aliphatic carbocycles. The first kappa shape index (κ1) is 7.56. The topological polar surface area (TPSA) is 21.3 Å². The minimum absolute atomic E-state index is 0.534. The second-order valence-electron chi connectivity index (χ2n) is 3.61. The summed E-state index contributed by atoms with van der Waals surface area (Å²) in [6, 6.07) is 0.672. The lowest BCUT2D eigenvalue weighted by Crippen LogP contribution is -2.41. The van der Waals surface area contributed by atoms with Crippen molar-refractivity contribution in [2.24, 2.45) is 0 Å². The van der Waals surface area contributed by atoms with Crippen LogP contribution < -0.4 is 5.32 Å². The van der Waals surface area contributed by atoms with Crippen LogP contribution in [0.15, 0.2) is 0 Å². The molecule has 0 radical (unpaired) electrons. The summed E-state index contributed by atoms with van der Waals surface area (Å²) in [5, 5.41) is 3.56. The molecule has 0 aromatic heterocycles. The Morgan fingerprint density at radius 1 is 1.09 bits per heavy atom. The van der Waals surface area contributed by atoms with Crippen LogP contribution in [0, 0.1) is 0 Å². The van der Waals surface area contributed by atoms with Crippen LogP contribution in [0.1, 0.15) is 32.1 Å². The van der Waals surface area contributed by atoms with E-state index in [-0.39, 0.29) is 0 Å². The molecule has 11 heavy (non-hydrogen) atoms. The van der Waals surface area contributed by atoms with Crippen molar-refractivity contribution in [1.82, 2.24) is 5.32 Å². The number of fused-ring (bicyclic) bond motifs is 1. The summed E-state index contributed by atoms with van der Waals surface area (Å²) in [5.41, 5.74) is 0. The van der Waals surface area contributed by atoms with Gasteiger partial charge < -0.3 is 10.1 Å². The van der Waals surface area contributed by atoms with Gasteiger partial charge in [0, 0.05) is 12.6 Å². The average molecular weight is 155 g/mol. The van der Waals surface area contributed by atoms with Crippen molar-refractivity contribution in [3.05, 3.63) is 0 Å². The fraction of sp³-hybridized carbons (Fsp3) is 1.00. The van der Waals surface area contributed by atoms with Crippen molar-refractivity contribution in [3.8, 4) is 0 Å². The molecule has 2 unspecified atom stereocenters. The Morgan fingerprint density at radius 2 is 2.00 bits per heavy atom. The van der Waals surface area contributed by atoms with E-state index >= 15 is 0 Å². The van der Waals surface area contributed by atoms with Gasteiger partial charge in [-0.05, 0) is 25.8 Å². The third-order valence-corrected chi connectivity index (χ3v) is 2.76. The Morgan fingerprint density at radius 3 is 3.00 bits per heavy atom. The van der Waals surface area contributed by atoms with Crippen molar-refractivity contribution in [1.29, 1.82) is 0 Å². The van der Waals surface area contributed by atoms with Gasteiger partial charge in [-0.25, -0.2) is 0 Å². The first-order valence-electron chi connectivity index (χ1n) is 4.82. The summed E-state index contributed by atoms with van der Waals surface area (Å²) in [6.45, 7) is 2.12. The highest BCUT2D eigenvalue weighted by Crippen LogP contribution is 2.22. The Kier molecular flexibility index (Phi) is 2.44. The van der Waals surface area contributed by atoms with E-state index in [2.05, 4.69) is 5.32 Å². The van der Waals surface area contributed by atoms with E-state index in [1.165, 1.54) is 32.1 Å². The molecule has 2 atom stereocenters. The molecular weight excluding hydrogens is 138 g/mol. The van der Waals surface area contributed by atoms with E-state index in [4.69, 9.17) is 4.74 Å². The van der Waals surface area contributed by atoms with Crippen LogP contribution in [0.4, 0.5) is 0 Å². The maximum atomic E-state index is 5.74. The summed E-state index contributed by atoms with van der Waals surface area (Å²) in [7, 11) is 0. The largest absolute Gasteiger partial charge is 0.377 e. The molecule has 2 nitrogen and oxygen atoms in total. The molecule has 0 aromatic rings. The van der Waals surface area contributed by atoms with Gasteiger partial charge in [0.05, 0.1) is 6.10 Å². The Labute approximate surface area is 68.3 Å². The fourth-order valence-electron chi connectivity index (χ4n) is 2.12. The van der Waals surface area contributed by atoms with E-state index in [1.807, 2.05) is 0 Å². The zero-order valence-electron chi connectivity index (χ0n) is 7.01. The van der Waals surface area contributed by atoms with Crippen LogP contribution >= 0.6 is 0 Å². The van der Waals surface area contributed by atoms with Crippen molar-refractivity contribution in [2.45, 2.75) is 44.2 Å². The van der Waals surface area contributed by atoms with E-state index in [1.54, 1.807) is 0 Å². The molecule has 2 heteroatoms. The maximum Gasteiger partial charge on any atom is 0.0728 e. The normalized spacial score (nSPS) is 39.3. The van der Waals surface area contributed by atoms with Gasteiger partial charge in [-0.2, -0.15) is 0 Å². The summed E-state index contributed by atoms with van der Waals surface area (Å²) in [6.07, 6.45) is 7.07. The van der Waals surface area contributed by atoms with Crippen LogP contribution in [0.25, 0.3) is 0 Å². The Bertz CT molecular complexity index is 113. The molecule has 2 aliphatic rings. The van der Waals surface area contributed by atoms with Crippen LogP contribution in [-0.4, -0.2) is 25.3 Å². The fourth-order valence-corrected chi connectivity index (χ4v) is 2.12. The Balaban J connectivity index is 1.93. The molecule has 0 amide bonds. The van der Waals surface area contributed by atoms with Crippen molar-refractivity contribution >= 4 is 0 Å². The number of rotatable bonds is 0. The van der Waals surface area contributed by atoms with Crippen LogP contribution in [0.5, 0.6) is 0 Å². The third-order valence-electron chi connectivity index (χ3n) is 2.76. The standard InChI is InChI=1S/C9H17NO/c1-2-5-9-8(4-1)10-6-3-7-11-9/h8-10H,1-7H2. The monoisotopic (exact) mass is 155 g/mol. The molecule has 1 saturated carbocycles. The zero-order valence-corrected chi connectivity index (χ0v) is 7.01. The quantitative estimate of drug-likeness (QED) is 0.569. The van der Waals surface area contributed by atoms with Crippen LogP contribution in [0.3, 0.4) is 0 Å². The molecular formula is C9H17NO. The third kappa shape index (κ3) is 1.74. The molecule has 2 fully saturated rings. The number of ether oxygens (including phenoxy) is 1. The molecule has 0 bridgehead atoms. The second-order valence-corrected chi connectivity index (χ2v) is 3.61. The van der Waals surface area contributed by atoms with E-state index in [0.717, 1.165) is 13.2 Å². The SMILES string of the molecule is C1CNC2CCCCC2OC1. The minimum atomic E-state index is 0.534. The molecule has 1 heterocycles. The maximum absolute atomic E-state index is 5.74. The predicted molar refractivity (Wildman–Crippen MR) is 44.6 cm³/mol. The second kappa shape index (κ2) is 3.55. The van der Waals surface area contributed by atoms with Gasteiger partial charge in [-0.3, -0.25) is 0 Å². The Hall–Kier alpha value is -0.0800. The molecule has 0 aromatic carbocycles. The highest BCUT2D eigenvalue weighted by molar-refractivity contribution is 4.83. The predicted octanol–water partition coefficient (Wildman–Crippen LogP) is 1.31. The van der Waals surface area contributed by atoms with E-state index in [9.17, 15) is 0 Å². The smallest absolute Gasteiger partial charge is 0.0728 e. The molecule has 2 rings (SSSR count). The minimum Gasteiger partial charge on any atom is -0.377 e. The van der Waals surface area contributed by atoms with Crippen molar-refractivity contribution < 1.29 is 4.74 Å². The van der Waals surface area contributed by atoms with Gasteiger partial charge in [0.25, 0.3) is 0 Å². The van der Waals surface area contributed by atoms with Gasteiger partial charge in [0.15, 0.2) is 0 Å². The molecule has 1 aliphatic heterocycles. The summed E-state index contributed by atoms with van der Waals surface area (Å²) < 4.78 is 5.74. The summed E-state index contributed by atoms with van der Waals surface area (Å²) in [5.74, 6) is 0. The van der Waals surface area contributed by atoms with Crippen LogP contribution in [0.2, 0.25) is 0 Å². The summed E-state index contributed by atoms with van der Waals surface area (Å²) in [4.78, 5) is 0. The molecule has 1 saturated heterocycles. The van der Waals surface area contributed by atoms with Gasteiger partial charge in [0.1, 0.15) is 0 Å². The van der Waals surface area contributed by atoms with Crippen molar-refractivity contribution in [3.63, 3.8) is 0 Å². The highest BCUT2D eigenvalue weighted by atomic mass is 16.5. The number of hydrogen-bond donors (Lipinski definition) is 1. The van der Waals surface area contributed by atoms with Gasteiger partial charge >= 0.3 is 0 Å². The van der Waals surface area contributed by atoms with Crippen molar-refractivity contribution in [2.75, 3.05) is 13.2 Å². The summed E-state index contributed by atoms with van der Waals surface area (Å²) >= 11 is 0. The van der Waals surface area contributed by atoms with E-state index in [0.29, 0.717) is 12.1 Å². The molecule has 64 valence electrons. The lowest BCUT2D eigenvalue weighted by molar-refractivity contribution is 0.0215. The highest BCUT2D eigenvalue weighted by Gasteiger charge is 2.26.